The fourth-order valence-electron chi connectivity index (χ4n) is 1.84. The van der Waals surface area contributed by atoms with Crippen LogP contribution >= 0.6 is 11.8 Å². The quantitative estimate of drug-likeness (QED) is 0.678. The molecule has 1 fully saturated rings. The Bertz CT molecular complexity index is 187. The van der Waals surface area contributed by atoms with Gasteiger partial charge in [0.2, 0.25) is 0 Å². The molecule has 0 aromatic carbocycles. The molecule has 0 aliphatic carbocycles. The molecule has 1 unspecified atom stereocenters. The topological polar surface area (TPSA) is 29.5 Å². The predicted molar refractivity (Wildman–Crippen MR) is 59.5 cm³/mol. The third-order valence-corrected chi connectivity index (χ3v) is 2.89. The van der Waals surface area contributed by atoms with Crippen molar-refractivity contribution in [2.45, 2.75) is 26.2 Å². The molecule has 1 atom stereocenters. The van der Waals surface area contributed by atoms with Gasteiger partial charge in [0.1, 0.15) is 5.94 Å². The first-order chi connectivity index (χ1) is 6.77. The number of carbonyl (C=O) groups is 1. The highest BCUT2D eigenvalue weighted by atomic mass is 32.2. The molecule has 1 heterocycles. The second kappa shape index (κ2) is 6.17. The summed E-state index contributed by atoms with van der Waals surface area (Å²) < 4.78 is 5.05. The fraction of sp³-hybridized carbons (Fsp3) is 0.900. The molecule has 1 saturated heterocycles. The van der Waals surface area contributed by atoms with Crippen LogP contribution in [0.3, 0.4) is 0 Å². The summed E-state index contributed by atoms with van der Waals surface area (Å²) >= 11 is 1.53. The van der Waals surface area contributed by atoms with Gasteiger partial charge < -0.3 is 9.64 Å². The Morgan fingerprint density at radius 2 is 2.43 bits per heavy atom. The summed E-state index contributed by atoms with van der Waals surface area (Å²) in [5, 5.41) is 0. The minimum Gasteiger partial charge on any atom is -0.438 e. The standard InChI is InChI=1S/C10H19NO2S/c1-3-4-9-5-6-11(7-9)10(12)13-8-14-2/h9H,3-8H2,1-2H3. The number of hydrogen-bond donors (Lipinski definition) is 0. The van der Waals surface area contributed by atoms with Gasteiger partial charge in [-0.05, 0) is 25.0 Å². The SMILES string of the molecule is CCCC1CCN(C(=O)OCSC)C1. The van der Waals surface area contributed by atoms with Gasteiger partial charge in [0, 0.05) is 13.1 Å². The van der Waals surface area contributed by atoms with Crippen molar-refractivity contribution >= 4 is 17.9 Å². The monoisotopic (exact) mass is 217 g/mol. The van der Waals surface area contributed by atoms with Crippen molar-refractivity contribution in [1.82, 2.24) is 4.90 Å². The average molecular weight is 217 g/mol. The van der Waals surface area contributed by atoms with Gasteiger partial charge in [-0.2, -0.15) is 0 Å². The maximum absolute atomic E-state index is 11.4. The van der Waals surface area contributed by atoms with Gasteiger partial charge in [0.05, 0.1) is 0 Å². The number of ether oxygens (including phenoxy) is 1. The Morgan fingerprint density at radius 1 is 1.64 bits per heavy atom. The fourth-order valence-corrected chi connectivity index (χ4v) is 2.06. The number of hydrogen-bond acceptors (Lipinski definition) is 3. The molecule has 4 heteroatoms. The van der Waals surface area contributed by atoms with Crippen LogP contribution in [0.5, 0.6) is 0 Å². The maximum atomic E-state index is 11.4. The molecule has 1 aliphatic rings. The van der Waals surface area contributed by atoms with E-state index in [9.17, 15) is 4.79 Å². The lowest BCUT2D eigenvalue weighted by atomic mass is 10.0. The van der Waals surface area contributed by atoms with Crippen molar-refractivity contribution in [2.75, 3.05) is 25.3 Å². The lowest BCUT2D eigenvalue weighted by molar-refractivity contribution is 0.126. The number of nitrogens with zero attached hydrogens (tertiary/aromatic N) is 1. The molecular weight excluding hydrogens is 198 g/mol. The van der Waals surface area contributed by atoms with Crippen LogP contribution in [0.2, 0.25) is 0 Å². The zero-order valence-electron chi connectivity index (χ0n) is 8.99. The van der Waals surface area contributed by atoms with Crippen LogP contribution in [-0.2, 0) is 4.74 Å². The molecule has 0 N–H and O–H groups in total. The molecule has 0 aromatic rings. The summed E-state index contributed by atoms with van der Waals surface area (Å²) in [6.07, 6.45) is 5.36. The number of thioether (sulfide) groups is 1. The van der Waals surface area contributed by atoms with E-state index in [0.29, 0.717) is 11.9 Å². The summed E-state index contributed by atoms with van der Waals surface area (Å²) in [6, 6.07) is 0. The van der Waals surface area contributed by atoms with Crippen molar-refractivity contribution < 1.29 is 9.53 Å². The highest BCUT2D eigenvalue weighted by Gasteiger charge is 2.26. The number of likely N-dealkylation sites (tertiary alicyclic amines) is 1. The molecule has 14 heavy (non-hydrogen) atoms. The molecule has 3 nitrogen and oxygen atoms in total. The largest absolute Gasteiger partial charge is 0.438 e. The van der Waals surface area contributed by atoms with E-state index in [2.05, 4.69) is 6.92 Å². The van der Waals surface area contributed by atoms with Gasteiger partial charge in [0.25, 0.3) is 0 Å². The smallest absolute Gasteiger partial charge is 0.410 e. The lowest BCUT2D eigenvalue weighted by Crippen LogP contribution is -2.29. The van der Waals surface area contributed by atoms with Crippen molar-refractivity contribution in [3.8, 4) is 0 Å². The highest BCUT2D eigenvalue weighted by molar-refractivity contribution is 7.98. The van der Waals surface area contributed by atoms with Crippen LogP contribution in [0, 0.1) is 5.92 Å². The summed E-state index contributed by atoms with van der Waals surface area (Å²) in [7, 11) is 0. The second-order valence-corrected chi connectivity index (χ2v) is 4.52. The minimum atomic E-state index is -0.141. The molecule has 0 spiro atoms. The summed E-state index contributed by atoms with van der Waals surface area (Å²) in [4.78, 5) is 13.3. The van der Waals surface area contributed by atoms with E-state index in [0.717, 1.165) is 19.5 Å². The predicted octanol–water partition coefficient (Wildman–Crippen LogP) is 2.57. The molecule has 82 valence electrons. The van der Waals surface area contributed by atoms with Gasteiger partial charge in [-0.25, -0.2) is 4.79 Å². The van der Waals surface area contributed by atoms with Crippen LogP contribution in [0.15, 0.2) is 0 Å². The molecule has 0 bridgehead atoms. The summed E-state index contributed by atoms with van der Waals surface area (Å²) in [5.41, 5.74) is 0. The summed E-state index contributed by atoms with van der Waals surface area (Å²) in [5.74, 6) is 1.16. The van der Waals surface area contributed by atoms with Crippen molar-refractivity contribution in [3.05, 3.63) is 0 Å². The van der Waals surface area contributed by atoms with Crippen LogP contribution in [0.25, 0.3) is 0 Å². The summed E-state index contributed by atoms with van der Waals surface area (Å²) in [6.45, 7) is 3.95. The second-order valence-electron chi connectivity index (χ2n) is 3.71. The van der Waals surface area contributed by atoms with E-state index in [1.165, 1.54) is 24.6 Å². The van der Waals surface area contributed by atoms with E-state index in [4.69, 9.17) is 4.74 Å². The third kappa shape index (κ3) is 3.40. The highest BCUT2D eigenvalue weighted by Crippen LogP contribution is 2.21. The Hall–Kier alpha value is -0.380. The van der Waals surface area contributed by atoms with Crippen LogP contribution in [0.4, 0.5) is 4.79 Å². The first-order valence-electron chi connectivity index (χ1n) is 5.18. The van der Waals surface area contributed by atoms with E-state index in [-0.39, 0.29) is 6.09 Å². The molecule has 0 saturated carbocycles. The number of amides is 1. The van der Waals surface area contributed by atoms with Gasteiger partial charge in [-0.1, -0.05) is 13.3 Å². The molecule has 1 rings (SSSR count). The molecule has 1 amide bonds. The average Bonchev–Trinajstić information content (AvgIpc) is 2.63. The van der Waals surface area contributed by atoms with Gasteiger partial charge >= 0.3 is 6.09 Å². The van der Waals surface area contributed by atoms with Crippen molar-refractivity contribution in [2.24, 2.45) is 5.92 Å². The molecule has 1 aliphatic heterocycles. The lowest BCUT2D eigenvalue weighted by Gasteiger charge is -2.15. The van der Waals surface area contributed by atoms with Gasteiger partial charge in [-0.15, -0.1) is 11.8 Å². The van der Waals surface area contributed by atoms with E-state index >= 15 is 0 Å². The Kier molecular flexibility index (Phi) is 5.15. The Balaban J connectivity index is 2.23. The Labute approximate surface area is 90.2 Å². The zero-order valence-corrected chi connectivity index (χ0v) is 9.81. The van der Waals surface area contributed by atoms with Gasteiger partial charge in [0.15, 0.2) is 0 Å². The minimum absolute atomic E-state index is 0.141. The van der Waals surface area contributed by atoms with E-state index in [1.54, 1.807) is 0 Å². The van der Waals surface area contributed by atoms with Crippen molar-refractivity contribution in [3.63, 3.8) is 0 Å². The normalized spacial score (nSPS) is 21.3. The van der Waals surface area contributed by atoms with E-state index in [1.807, 2.05) is 11.2 Å². The first kappa shape index (κ1) is 11.7. The first-order valence-corrected chi connectivity index (χ1v) is 6.58. The number of carbonyl (C=O) groups excluding carboxylic acids is 1. The van der Waals surface area contributed by atoms with Crippen LogP contribution in [-0.4, -0.2) is 36.3 Å². The molecule has 0 aromatic heterocycles. The zero-order chi connectivity index (χ0) is 10.4. The Morgan fingerprint density at radius 3 is 3.07 bits per heavy atom. The van der Waals surface area contributed by atoms with E-state index < -0.39 is 0 Å². The van der Waals surface area contributed by atoms with Gasteiger partial charge in [-0.3, -0.25) is 0 Å². The van der Waals surface area contributed by atoms with Crippen LogP contribution < -0.4 is 0 Å². The van der Waals surface area contributed by atoms with Crippen LogP contribution in [0.1, 0.15) is 26.2 Å². The maximum Gasteiger partial charge on any atom is 0.410 e. The molecule has 0 radical (unpaired) electrons. The van der Waals surface area contributed by atoms with Crippen molar-refractivity contribution in [1.29, 1.82) is 0 Å². The third-order valence-electron chi connectivity index (χ3n) is 2.54. The molecular formula is C10H19NO2S. The number of rotatable bonds is 4.